The number of hydrogen-bond acceptors (Lipinski definition) is 11. The van der Waals surface area contributed by atoms with Gasteiger partial charge in [0.2, 0.25) is 5.69 Å². The number of carbonyl (C=O) groups is 2. The van der Waals surface area contributed by atoms with E-state index in [1.54, 1.807) is 18.2 Å². The van der Waals surface area contributed by atoms with Crippen molar-refractivity contribution in [1.29, 1.82) is 0 Å². The van der Waals surface area contributed by atoms with Crippen LogP contribution in [0.25, 0.3) is 21.5 Å². The number of epoxide rings is 1. The summed E-state index contributed by atoms with van der Waals surface area (Å²) in [4.78, 5) is 31.3. The number of carbonyl (C=O) groups excluding carboxylic acids is 2. The predicted molar refractivity (Wildman–Crippen MR) is 289 cm³/mol. The van der Waals surface area contributed by atoms with Crippen LogP contribution in [0.3, 0.4) is 0 Å². The van der Waals surface area contributed by atoms with E-state index in [1.165, 1.54) is 12.1 Å². The van der Waals surface area contributed by atoms with E-state index in [4.69, 9.17) is 14.2 Å². The minimum absolute atomic E-state index is 0.108. The number of piperidine rings is 1. The van der Waals surface area contributed by atoms with Crippen LogP contribution in [0, 0.1) is 6.92 Å². The van der Waals surface area contributed by atoms with E-state index >= 15 is 0 Å². The minimum atomic E-state index is -4.47. The zero-order valence-electron chi connectivity index (χ0n) is 43.5. The van der Waals surface area contributed by atoms with Gasteiger partial charge in [-0.2, -0.15) is 21.4 Å². The summed E-state index contributed by atoms with van der Waals surface area (Å²) in [6.45, 7) is 13.5. The Balaban J connectivity index is 0.849. The van der Waals surface area contributed by atoms with Gasteiger partial charge >= 0.3 is 11.9 Å². The van der Waals surface area contributed by atoms with Crippen molar-refractivity contribution in [3.63, 3.8) is 0 Å². The van der Waals surface area contributed by atoms with Crippen molar-refractivity contribution < 1.29 is 54.3 Å². The predicted octanol–water partition coefficient (Wildman–Crippen LogP) is 10.0. The van der Waals surface area contributed by atoms with Gasteiger partial charge in [0.25, 0.3) is 20.2 Å². The van der Waals surface area contributed by atoms with Crippen molar-refractivity contribution >= 4 is 70.8 Å². The summed E-state index contributed by atoms with van der Waals surface area (Å²) in [5, 5.41) is 2.81. The molecule has 3 fully saturated rings. The summed E-state index contributed by atoms with van der Waals surface area (Å²) >= 11 is 0. The number of benzene rings is 5. The van der Waals surface area contributed by atoms with Crippen molar-refractivity contribution in [3.8, 4) is 0 Å². The number of nitrogens with zero attached hydrogens (tertiary/aromatic N) is 3. The van der Waals surface area contributed by atoms with Crippen molar-refractivity contribution in [2.24, 2.45) is 0 Å². The first kappa shape index (κ1) is 52.4. The van der Waals surface area contributed by atoms with E-state index in [-0.39, 0.29) is 65.2 Å². The number of anilines is 1. The van der Waals surface area contributed by atoms with Crippen molar-refractivity contribution in [2.45, 2.75) is 137 Å². The third-order valence-corrected chi connectivity index (χ3v) is 18.1. The van der Waals surface area contributed by atoms with Gasteiger partial charge in [0.05, 0.1) is 10.3 Å². The molecule has 5 aliphatic heterocycles. The van der Waals surface area contributed by atoms with Crippen LogP contribution >= 0.6 is 0 Å². The van der Waals surface area contributed by atoms with Crippen LogP contribution in [0.4, 0.5) is 11.4 Å². The number of aryl methyl sites for hydroxylation is 1. The van der Waals surface area contributed by atoms with Gasteiger partial charge in [0.1, 0.15) is 42.3 Å². The topological polar surface area (TPSA) is 183 Å². The average Bonchev–Trinajstić information content (AvgIpc) is 4.08. The highest BCUT2D eigenvalue weighted by Gasteiger charge is 2.63. The van der Waals surface area contributed by atoms with E-state index in [0.29, 0.717) is 31.3 Å². The van der Waals surface area contributed by atoms with E-state index in [2.05, 4.69) is 74.3 Å². The molecule has 0 spiro atoms. The molecule has 0 aliphatic carbocycles. The SMILES string of the molecule is CCN1C(=CC=CC=CC2=[N+](CCCCCC(=O)OC[C@@H](C(=O)OC3CC4C5O[C@@H]5[C@H](C3)N4C)c3ccccc3)c3ccc4ccc(S(=O)(=O)O)cc4c3C2(C)C)C(C)(C)c2c1ccc1c(S(=O)(=O)O)cc(C)cc21. The Morgan fingerprint density at radius 3 is 2.23 bits per heavy atom. The molecular formula is C59H66N3O11S2+. The first-order chi connectivity index (χ1) is 35.6. The second kappa shape index (κ2) is 19.8. The summed E-state index contributed by atoms with van der Waals surface area (Å²) in [7, 11) is -6.83. The maximum atomic E-state index is 13.7. The van der Waals surface area contributed by atoms with E-state index < -0.39 is 37.0 Å². The van der Waals surface area contributed by atoms with Crippen LogP contribution in [0.15, 0.2) is 131 Å². The molecule has 14 nitrogen and oxygen atoms in total. The van der Waals surface area contributed by atoms with Crippen molar-refractivity contribution in [3.05, 3.63) is 143 Å². The lowest BCUT2D eigenvalue weighted by Gasteiger charge is -2.38. The van der Waals surface area contributed by atoms with E-state index in [1.807, 2.05) is 73.7 Å². The zero-order chi connectivity index (χ0) is 53.4. The molecule has 394 valence electrons. The quantitative estimate of drug-likeness (QED) is 0.0224. The molecule has 5 heterocycles. The molecule has 6 atom stereocenters. The molecule has 16 heteroatoms. The summed E-state index contributed by atoms with van der Waals surface area (Å²) < 4.78 is 89.9. The maximum Gasteiger partial charge on any atom is 0.317 e. The number of fused-ring (bicyclic) bond motifs is 11. The van der Waals surface area contributed by atoms with E-state index in [9.17, 15) is 35.5 Å². The molecule has 0 amide bonds. The van der Waals surface area contributed by atoms with Crippen molar-refractivity contribution in [1.82, 2.24) is 4.90 Å². The van der Waals surface area contributed by atoms with Crippen LogP contribution in [-0.2, 0) is 54.9 Å². The summed E-state index contributed by atoms with van der Waals surface area (Å²) in [6, 6.07) is 25.7. The molecule has 0 aromatic heterocycles. The number of hydrogen-bond donors (Lipinski definition) is 2. The Hall–Kier alpha value is -6.01. The average molecular weight is 1060 g/mol. The number of likely N-dealkylation sites (N-methyl/N-ethyl adjacent to an activating group) is 2. The molecule has 2 N–H and O–H groups in total. The van der Waals surface area contributed by atoms with Crippen molar-refractivity contribution in [2.75, 3.05) is 31.6 Å². The van der Waals surface area contributed by atoms with Crippen LogP contribution in [0.2, 0.25) is 0 Å². The highest BCUT2D eigenvalue weighted by molar-refractivity contribution is 7.86. The summed E-state index contributed by atoms with van der Waals surface area (Å²) in [5.41, 5.74) is 6.16. The van der Waals surface area contributed by atoms with Gasteiger partial charge in [-0.25, -0.2) is 0 Å². The minimum Gasteiger partial charge on any atom is -0.464 e. The number of esters is 2. The molecule has 5 aromatic rings. The Morgan fingerprint density at radius 1 is 0.813 bits per heavy atom. The first-order valence-electron chi connectivity index (χ1n) is 26.0. The lowest BCUT2D eigenvalue weighted by atomic mass is 9.79. The molecule has 5 aromatic carbocycles. The molecule has 0 radical (unpaired) electrons. The number of ether oxygens (including phenoxy) is 3. The fourth-order valence-electron chi connectivity index (χ4n) is 12.7. The fraction of sp³-hybridized carbons (Fsp3) is 0.407. The monoisotopic (exact) mass is 1060 g/mol. The Bertz CT molecular complexity index is 3470. The number of morpholine rings is 1. The van der Waals surface area contributed by atoms with Gasteiger partial charge in [-0.05, 0) is 117 Å². The third kappa shape index (κ3) is 9.78. The van der Waals surface area contributed by atoms with E-state index in [0.717, 1.165) is 80.5 Å². The second-order valence-corrected chi connectivity index (χ2v) is 24.6. The van der Waals surface area contributed by atoms with Crippen LogP contribution in [0.5, 0.6) is 0 Å². The zero-order valence-corrected chi connectivity index (χ0v) is 45.2. The molecule has 0 saturated carbocycles. The highest BCUT2D eigenvalue weighted by Crippen LogP contribution is 2.52. The molecule has 3 unspecified atom stereocenters. The second-order valence-electron chi connectivity index (χ2n) is 21.8. The first-order valence-corrected chi connectivity index (χ1v) is 28.8. The smallest absolute Gasteiger partial charge is 0.317 e. The summed E-state index contributed by atoms with van der Waals surface area (Å²) in [6.07, 6.45) is 14.0. The summed E-state index contributed by atoms with van der Waals surface area (Å²) in [5.74, 6) is -1.52. The number of rotatable bonds is 17. The molecule has 75 heavy (non-hydrogen) atoms. The third-order valence-electron chi connectivity index (χ3n) is 16.3. The van der Waals surface area contributed by atoms with Crippen LogP contribution in [0.1, 0.15) is 101 Å². The maximum absolute atomic E-state index is 13.7. The van der Waals surface area contributed by atoms with Gasteiger partial charge in [0.15, 0.2) is 5.71 Å². The van der Waals surface area contributed by atoms with Gasteiger partial charge < -0.3 is 19.1 Å². The Labute approximate surface area is 439 Å². The molecule has 5 aliphatic rings. The lowest BCUT2D eigenvalue weighted by molar-refractivity contribution is -0.438. The molecular weight excluding hydrogens is 991 g/mol. The van der Waals surface area contributed by atoms with Crippen LogP contribution in [-0.4, -0.2) is 110 Å². The standard InChI is InChI=1S/C59H65N3O11S2/c1-8-61-45-28-26-41-43(30-36(2)31-49(41)75(68,69)70)54(45)58(3,4)50(61)20-14-10-15-21-51-59(5,6)53-42-34-40(74(65,66)67)25-23-38(42)24-27-46(53)62(51)29-17-11-16-22-52(63)71-35-44(37-18-12-9-13-19-37)57(64)72-39-32-47-55-56(73-55)48(33-39)60(47)7/h9-10,12-15,18-21,23-28,30-31,34,39,44,47-48,55-56H,8,11,16-17,22,29,32-33,35H2,1-7H3,(H-,65,66,67,68,69,70)/p+1/t39?,44-,47+,48?,55-,56?/m1/s1. The molecule has 10 rings (SSSR count). The number of allylic oxidation sites excluding steroid dienone is 6. The fourth-order valence-corrected chi connectivity index (χ4v) is 14.0. The van der Waals surface area contributed by atoms with Gasteiger partial charge in [0, 0.05) is 84.2 Å². The number of unbranched alkanes of at least 4 members (excludes halogenated alkanes) is 2. The van der Waals surface area contributed by atoms with Gasteiger partial charge in [-0.15, -0.1) is 0 Å². The largest absolute Gasteiger partial charge is 0.464 e. The van der Waals surface area contributed by atoms with Gasteiger partial charge in [-0.1, -0.05) is 80.6 Å². The Morgan fingerprint density at radius 2 is 1.53 bits per heavy atom. The lowest BCUT2D eigenvalue weighted by Crippen LogP contribution is -2.48. The molecule has 2 bridgehead atoms. The Kier molecular flexibility index (Phi) is 13.9. The van der Waals surface area contributed by atoms with Crippen LogP contribution < -0.4 is 4.90 Å². The van der Waals surface area contributed by atoms with Gasteiger partial charge in [-0.3, -0.25) is 23.6 Å². The highest BCUT2D eigenvalue weighted by atomic mass is 32.2. The molecule has 3 saturated heterocycles. The normalized spacial score (nSPS) is 23.6.